The van der Waals surface area contributed by atoms with Crippen LogP contribution in [0.25, 0.3) is 0 Å². The molecule has 0 saturated carbocycles. The van der Waals surface area contributed by atoms with E-state index in [0.717, 1.165) is 32.8 Å². The molecule has 3 heteroatoms. The fourth-order valence-electron chi connectivity index (χ4n) is 1.88. The van der Waals surface area contributed by atoms with Gasteiger partial charge in [-0.1, -0.05) is 13.8 Å². The molecule has 0 aliphatic carbocycles. The van der Waals surface area contributed by atoms with Gasteiger partial charge in [0.05, 0.1) is 6.61 Å². The average molecular weight is 214 g/mol. The van der Waals surface area contributed by atoms with E-state index in [0.29, 0.717) is 6.04 Å². The molecular formula is C12H26N2O. The topological polar surface area (TPSA) is 33.3 Å². The van der Waals surface area contributed by atoms with Crippen LogP contribution in [0, 0.1) is 5.41 Å². The van der Waals surface area contributed by atoms with Crippen LogP contribution in [-0.2, 0) is 4.74 Å². The van der Waals surface area contributed by atoms with Gasteiger partial charge in [0.15, 0.2) is 0 Å². The Hall–Kier alpha value is -0.120. The van der Waals surface area contributed by atoms with Crippen molar-refractivity contribution >= 4 is 0 Å². The van der Waals surface area contributed by atoms with Gasteiger partial charge >= 0.3 is 0 Å². The molecule has 0 bridgehead atoms. The van der Waals surface area contributed by atoms with Crippen molar-refractivity contribution in [3.05, 3.63) is 0 Å². The number of rotatable bonds is 6. The summed E-state index contributed by atoms with van der Waals surface area (Å²) in [5, 5.41) is 7.03. The number of hydrogen-bond donors (Lipinski definition) is 2. The molecule has 1 heterocycles. The van der Waals surface area contributed by atoms with Crippen LogP contribution in [-0.4, -0.2) is 38.9 Å². The van der Waals surface area contributed by atoms with Crippen molar-refractivity contribution in [3.8, 4) is 0 Å². The fraction of sp³-hybridized carbons (Fsp3) is 1.00. The van der Waals surface area contributed by atoms with Crippen molar-refractivity contribution in [3.63, 3.8) is 0 Å². The van der Waals surface area contributed by atoms with E-state index in [1.807, 2.05) is 0 Å². The fourth-order valence-corrected chi connectivity index (χ4v) is 1.88. The lowest BCUT2D eigenvalue weighted by atomic mass is 9.93. The lowest BCUT2D eigenvalue weighted by Crippen LogP contribution is -2.44. The Labute approximate surface area is 94.0 Å². The smallest absolute Gasteiger partial charge is 0.0529 e. The van der Waals surface area contributed by atoms with Crippen molar-refractivity contribution < 1.29 is 4.74 Å². The van der Waals surface area contributed by atoms with Crippen molar-refractivity contribution in [2.75, 3.05) is 32.8 Å². The summed E-state index contributed by atoms with van der Waals surface area (Å²) in [6.07, 6.45) is 2.51. The number of nitrogens with one attached hydrogen (secondary N) is 2. The van der Waals surface area contributed by atoms with Gasteiger partial charge in [0.1, 0.15) is 0 Å². The van der Waals surface area contributed by atoms with Gasteiger partial charge in [-0.25, -0.2) is 0 Å². The van der Waals surface area contributed by atoms with Crippen molar-refractivity contribution in [2.45, 2.75) is 39.7 Å². The van der Waals surface area contributed by atoms with Crippen LogP contribution in [0.3, 0.4) is 0 Å². The lowest BCUT2D eigenvalue weighted by molar-refractivity contribution is 0.0682. The first-order valence-corrected chi connectivity index (χ1v) is 6.16. The summed E-state index contributed by atoms with van der Waals surface area (Å²) in [7, 11) is 0. The normalized spacial score (nSPS) is 19.4. The highest BCUT2D eigenvalue weighted by atomic mass is 16.5. The summed E-state index contributed by atoms with van der Waals surface area (Å²) < 4.78 is 5.49. The molecule has 0 radical (unpaired) electrons. The molecule has 1 fully saturated rings. The zero-order valence-electron chi connectivity index (χ0n) is 10.4. The third kappa shape index (κ3) is 5.50. The zero-order chi connectivity index (χ0) is 11.1. The highest BCUT2D eigenvalue weighted by molar-refractivity contribution is 4.78. The van der Waals surface area contributed by atoms with E-state index < -0.39 is 0 Å². The summed E-state index contributed by atoms with van der Waals surface area (Å²) in [6.45, 7) is 11.6. The molecule has 0 aromatic rings. The Morgan fingerprint density at radius 1 is 1.33 bits per heavy atom. The van der Waals surface area contributed by atoms with E-state index in [1.54, 1.807) is 0 Å². The van der Waals surface area contributed by atoms with Gasteiger partial charge in [0.2, 0.25) is 0 Å². The molecule has 90 valence electrons. The monoisotopic (exact) mass is 214 g/mol. The number of piperidine rings is 1. The Morgan fingerprint density at radius 2 is 2.00 bits per heavy atom. The van der Waals surface area contributed by atoms with Gasteiger partial charge in [-0.3, -0.25) is 0 Å². The average Bonchev–Trinajstić information content (AvgIpc) is 2.25. The Balaban J connectivity index is 2.15. The molecule has 0 amide bonds. The van der Waals surface area contributed by atoms with Gasteiger partial charge in [0, 0.05) is 24.6 Å². The maximum Gasteiger partial charge on any atom is 0.0529 e. The largest absolute Gasteiger partial charge is 0.381 e. The second-order valence-corrected chi connectivity index (χ2v) is 5.21. The van der Waals surface area contributed by atoms with Crippen molar-refractivity contribution in [1.82, 2.24) is 10.6 Å². The molecule has 0 unspecified atom stereocenters. The Bertz CT molecular complexity index is 165. The molecule has 0 atom stereocenters. The highest BCUT2D eigenvalue weighted by Gasteiger charge is 2.20. The van der Waals surface area contributed by atoms with Gasteiger partial charge in [-0.05, 0) is 32.9 Å². The van der Waals surface area contributed by atoms with E-state index in [4.69, 9.17) is 4.74 Å². The summed E-state index contributed by atoms with van der Waals surface area (Å²) in [4.78, 5) is 0. The van der Waals surface area contributed by atoms with Crippen LogP contribution in [0.2, 0.25) is 0 Å². The minimum atomic E-state index is 0.251. The highest BCUT2D eigenvalue weighted by Crippen LogP contribution is 2.15. The molecule has 1 rings (SSSR count). The SMILES string of the molecule is CCOCC(C)(C)CNC1CCNCC1. The standard InChI is InChI=1S/C12H26N2O/c1-4-15-10-12(2,3)9-14-11-5-7-13-8-6-11/h11,13-14H,4-10H2,1-3H3. The molecule has 15 heavy (non-hydrogen) atoms. The molecule has 0 aromatic heterocycles. The maximum absolute atomic E-state index is 5.49. The Morgan fingerprint density at radius 3 is 2.60 bits per heavy atom. The van der Waals surface area contributed by atoms with Crippen LogP contribution in [0.1, 0.15) is 33.6 Å². The number of ether oxygens (including phenoxy) is 1. The van der Waals surface area contributed by atoms with E-state index in [9.17, 15) is 0 Å². The van der Waals surface area contributed by atoms with Gasteiger partial charge < -0.3 is 15.4 Å². The van der Waals surface area contributed by atoms with E-state index in [2.05, 4.69) is 31.4 Å². The number of hydrogen-bond acceptors (Lipinski definition) is 3. The summed E-state index contributed by atoms with van der Waals surface area (Å²) >= 11 is 0. The first kappa shape index (κ1) is 12.9. The van der Waals surface area contributed by atoms with Crippen molar-refractivity contribution in [1.29, 1.82) is 0 Å². The first-order chi connectivity index (χ1) is 7.14. The second kappa shape index (κ2) is 6.46. The van der Waals surface area contributed by atoms with Crippen LogP contribution in [0.5, 0.6) is 0 Å². The molecule has 1 saturated heterocycles. The summed E-state index contributed by atoms with van der Waals surface area (Å²) in [6, 6.07) is 0.701. The predicted molar refractivity (Wildman–Crippen MR) is 64.2 cm³/mol. The molecule has 0 spiro atoms. The molecule has 0 aromatic carbocycles. The third-order valence-corrected chi connectivity index (χ3v) is 2.91. The molecule has 3 nitrogen and oxygen atoms in total. The quantitative estimate of drug-likeness (QED) is 0.701. The van der Waals surface area contributed by atoms with E-state index >= 15 is 0 Å². The van der Waals surface area contributed by atoms with E-state index in [1.165, 1.54) is 12.8 Å². The van der Waals surface area contributed by atoms with Crippen molar-refractivity contribution in [2.24, 2.45) is 5.41 Å². The van der Waals surface area contributed by atoms with Crippen LogP contribution in [0.4, 0.5) is 0 Å². The van der Waals surface area contributed by atoms with Gasteiger partial charge in [-0.15, -0.1) is 0 Å². The molecule has 1 aliphatic heterocycles. The van der Waals surface area contributed by atoms with Crippen LogP contribution in [0.15, 0.2) is 0 Å². The molecular weight excluding hydrogens is 188 g/mol. The van der Waals surface area contributed by atoms with Crippen LogP contribution < -0.4 is 10.6 Å². The summed E-state index contributed by atoms with van der Waals surface area (Å²) in [5.74, 6) is 0. The lowest BCUT2D eigenvalue weighted by Gasteiger charge is -2.30. The van der Waals surface area contributed by atoms with Gasteiger partial charge in [-0.2, -0.15) is 0 Å². The minimum Gasteiger partial charge on any atom is -0.381 e. The van der Waals surface area contributed by atoms with Gasteiger partial charge in [0.25, 0.3) is 0 Å². The second-order valence-electron chi connectivity index (χ2n) is 5.21. The Kier molecular flexibility index (Phi) is 5.58. The third-order valence-electron chi connectivity index (χ3n) is 2.91. The minimum absolute atomic E-state index is 0.251. The molecule has 1 aliphatic rings. The predicted octanol–water partition coefficient (Wildman–Crippen LogP) is 1.39. The zero-order valence-corrected chi connectivity index (χ0v) is 10.4. The first-order valence-electron chi connectivity index (χ1n) is 6.16. The van der Waals surface area contributed by atoms with E-state index in [-0.39, 0.29) is 5.41 Å². The summed E-state index contributed by atoms with van der Waals surface area (Å²) in [5.41, 5.74) is 0.251. The maximum atomic E-state index is 5.49. The molecule has 2 N–H and O–H groups in total. The van der Waals surface area contributed by atoms with Crippen LogP contribution >= 0.6 is 0 Å².